The van der Waals surface area contributed by atoms with Crippen molar-refractivity contribution < 1.29 is 18.4 Å². The lowest BCUT2D eigenvalue weighted by Gasteiger charge is -2.29. The minimum atomic E-state index is -0.634. The number of nitrogens with zero attached hydrogens (tertiary/aromatic N) is 3. The summed E-state index contributed by atoms with van der Waals surface area (Å²) in [7, 11) is 3.93. The highest BCUT2D eigenvalue weighted by Gasteiger charge is 2.31. The summed E-state index contributed by atoms with van der Waals surface area (Å²) in [6, 6.07) is 8.30. The lowest BCUT2D eigenvalue weighted by molar-refractivity contribution is 0.0953. The first-order valence-corrected chi connectivity index (χ1v) is 9.99. The van der Waals surface area contributed by atoms with Crippen molar-refractivity contribution in [3.05, 3.63) is 64.7 Å². The van der Waals surface area contributed by atoms with Crippen LogP contribution in [0.1, 0.15) is 27.9 Å². The number of hydrazine groups is 1. The zero-order valence-corrected chi connectivity index (χ0v) is 17.9. The van der Waals surface area contributed by atoms with E-state index in [1.54, 1.807) is 17.9 Å². The van der Waals surface area contributed by atoms with Gasteiger partial charge in [0.15, 0.2) is 0 Å². The maximum Gasteiger partial charge on any atom is 0.324 e. The zero-order chi connectivity index (χ0) is 22.7. The SMILES string of the molecule is Cc1cc(N(Cc2ccc(C(=O)NN)cc2F)C(=O)N2CC[C@H](N(C)C)C2)ccc1F. The van der Waals surface area contributed by atoms with Crippen LogP contribution in [0.3, 0.4) is 0 Å². The van der Waals surface area contributed by atoms with Crippen molar-refractivity contribution in [2.45, 2.75) is 25.9 Å². The molecular weight excluding hydrogens is 404 g/mol. The van der Waals surface area contributed by atoms with Gasteiger partial charge < -0.3 is 9.80 Å². The molecular formula is C22H27F2N5O2. The van der Waals surface area contributed by atoms with Gasteiger partial charge in [-0.1, -0.05) is 6.07 Å². The van der Waals surface area contributed by atoms with Gasteiger partial charge in [-0.05, 0) is 63.3 Å². The van der Waals surface area contributed by atoms with Crippen LogP contribution in [0.5, 0.6) is 0 Å². The number of carbonyl (C=O) groups is 2. The molecule has 1 atom stereocenters. The highest BCUT2D eigenvalue weighted by molar-refractivity contribution is 5.94. The van der Waals surface area contributed by atoms with E-state index in [1.807, 2.05) is 19.5 Å². The number of halogens is 2. The number of nitrogens with two attached hydrogens (primary N) is 1. The summed E-state index contributed by atoms with van der Waals surface area (Å²) in [5.41, 5.74) is 3.12. The number of rotatable bonds is 5. The van der Waals surface area contributed by atoms with Crippen LogP contribution < -0.4 is 16.2 Å². The van der Waals surface area contributed by atoms with Crippen LogP contribution >= 0.6 is 0 Å². The second kappa shape index (κ2) is 9.40. The predicted molar refractivity (Wildman–Crippen MR) is 114 cm³/mol. The zero-order valence-electron chi connectivity index (χ0n) is 17.9. The van der Waals surface area contributed by atoms with Gasteiger partial charge in [0.2, 0.25) is 0 Å². The summed E-state index contributed by atoms with van der Waals surface area (Å²) in [5.74, 6) is 3.48. The molecule has 0 aliphatic carbocycles. The van der Waals surface area contributed by atoms with E-state index in [0.717, 1.165) is 12.5 Å². The molecule has 31 heavy (non-hydrogen) atoms. The Morgan fingerprint density at radius 1 is 1.16 bits per heavy atom. The van der Waals surface area contributed by atoms with Crippen LogP contribution in [0.25, 0.3) is 0 Å². The van der Waals surface area contributed by atoms with E-state index in [1.165, 1.54) is 29.2 Å². The van der Waals surface area contributed by atoms with E-state index in [2.05, 4.69) is 4.90 Å². The lowest BCUT2D eigenvalue weighted by atomic mass is 10.1. The van der Waals surface area contributed by atoms with Gasteiger partial charge >= 0.3 is 6.03 Å². The largest absolute Gasteiger partial charge is 0.324 e. The number of nitrogen functional groups attached to an aromatic ring is 1. The van der Waals surface area contributed by atoms with Crippen molar-refractivity contribution >= 4 is 17.6 Å². The minimum absolute atomic E-state index is 0.0661. The first-order chi connectivity index (χ1) is 14.7. The van der Waals surface area contributed by atoms with Gasteiger partial charge in [0, 0.05) is 35.9 Å². The second-order valence-corrected chi connectivity index (χ2v) is 7.93. The van der Waals surface area contributed by atoms with Crippen molar-refractivity contribution in [1.29, 1.82) is 0 Å². The highest BCUT2D eigenvalue weighted by atomic mass is 19.1. The number of carbonyl (C=O) groups excluding carboxylic acids is 2. The molecule has 3 N–H and O–H groups in total. The van der Waals surface area contributed by atoms with Crippen molar-refractivity contribution in [3.8, 4) is 0 Å². The van der Waals surface area contributed by atoms with Crippen LogP contribution in [0.15, 0.2) is 36.4 Å². The van der Waals surface area contributed by atoms with E-state index >= 15 is 0 Å². The van der Waals surface area contributed by atoms with Gasteiger partial charge in [0.05, 0.1) is 6.54 Å². The highest BCUT2D eigenvalue weighted by Crippen LogP contribution is 2.25. The molecule has 2 aromatic carbocycles. The van der Waals surface area contributed by atoms with Gasteiger partial charge in [-0.3, -0.25) is 15.1 Å². The molecule has 7 nitrogen and oxygen atoms in total. The summed E-state index contributed by atoms with van der Waals surface area (Å²) in [6.45, 7) is 2.68. The Hall–Kier alpha value is -3.04. The van der Waals surface area contributed by atoms with Crippen molar-refractivity contribution in [2.75, 3.05) is 32.1 Å². The summed E-state index contributed by atoms with van der Waals surface area (Å²) in [6.07, 6.45) is 0.840. The molecule has 9 heteroatoms. The van der Waals surface area contributed by atoms with Gasteiger partial charge in [0.25, 0.3) is 5.91 Å². The topological polar surface area (TPSA) is 81.9 Å². The summed E-state index contributed by atoms with van der Waals surface area (Å²) in [5, 5.41) is 0. The molecule has 1 heterocycles. The fourth-order valence-corrected chi connectivity index (χ4v) is 3.64. The summed E-state index contributed by atoms with van der Waals surface area (Å²) < 4.78 is 28.6. The van der Waals surface area contributed by atoms with E-state index in [4.69, 9.17) is 5.84 Å². The number of urea groups is 1. The van der Waals surface area contributed by atoms with Gasteiger partial charge in [0.1, 0.15) is 11.6 Å². The fraction of sp³-hybridized carbons (Fsp3) is 0.364. The van der Waals surface area contributed by atoms with Gasteiger partial charge in [-0.2, -0.15) is 0 Å². The quantitative estimate of drug-likeness (QED) is 0.433. The molecule has 1 fully saturated rings. The Labute approximate surface area is 180 Å². The number of hydrogen-bond donors (Lipinski definition) is 2. The molecule has 3 rings (SSSR count). The monoisotopic (exact) mass is 431 g/mol. The number of hydrogen-bond acceptors (Lipinski definition) is 4. The number of amides is 3. The predicted octanol–water partition coefficient (Wildman–Crippen LogP) is 2.64. The molecule has 1 aliphatic rings. The Balaban J connectivity index is 1.92. The Kier molecular flexibility index (Phi) is 6.87. The fourth-order valence-electron chi connectivity index (χ4n) is 3.64. The standard InChI is InChI=1S/C22H27F2N5O2/c1-14-10-17(6-7-19(14)23)29(22(31)28-9-8-18(13-28)27(2)3)12-16-5-4-15(11-20(16)24)21(30)26-25/h4-7,10-11,18H,8-9,12-13,25H2,1-3H3,(H,26,30)/t18-/m0/s1. The molecule has 0 aromatic heterocycles. The normalized spacial score (nSPS) is 16.0. The Morgan fingerprint density at radius 2 is 1.90 bits per heavy atom. The molecule has 1 saturated heterocycles. The second-order valence-electron chi connectivity index (χ2n) is 7.93. The van der Waals surface area contributed by atoms with Crippen molar-refractivity contribution in [1.82, 2.24) is 15.2 Å². The number of nitrogens with one attached hydrogen (secondary N) is 1. The van der Waals surface area contributed by atoms with Gasteiger partial charge in [-0.15, -0.1) is 0 Å². The molecule has 3 amide bonds. The molecule has 1 aliphatic heterocycles. The summed E-state index contributed by atoms with van der Waals surface area (Å²) >= 11 is 0. The molecule has 166 valence electrons. The van der Waals surface area contributed by atoms with E-state index < -0.39 is 11.7 Å². The van der Waals surface area contributed by atoms with Crippen LogP contribution in [0, 0.1) is 18.6 Å². The number of aryl methyl sites for hydroxylation is 1. The van der Waals surface area contributed by atoms with Crippen LogP contribution in [0.4, 0.5) is 19.3 Å². The Bertz CT molecular complexity index is 982. The third kappa shape index (κ3) is 5.00. The van der Waals surface area contributed by atoms with Gasteiger partial charge in [-0.25, -0.2) is 19.4 Å². The first kappa shape index (κ1) is 22.6. The molecule has 2 aromatic rings. The van der Waals surface area contributed by atoms with Crippen molar-refractivity contribution in [3.63, 3.8) is 0 Å². The average Bonchev–Trinajstić information content (AvgIpc) is 3.24. The number of likely N-dealkylation sites (tertiary alicyclic amines) is 1. The van der Waals surface area contributed by atoms with Crippen molar-refractivity contribution in [2.24, 2.45) is 5.84 Å². The minimum Gasteiger partial charge on any atom is -0.323 e. The molecule has 0 unspecified atom stereocenters. The lowest BCUT2D eigenvalue weighted by Crippen LogP contribution is -2.43. The molecule has 0 saturated carbocycles. The van der Waals surface area contributed by atoms with Crippen LogP contribution in [-0.2, 0) is 6.54 Å². The van der Waals surface area contributed by atoms with E-state index in [0.29, 0.717) is 24.3 Å². The number of anilines is 1. The maximum atomic E-state index is 14.7. The first-order valence-electron chi connectivity index (χ1n) is 9.99. The van der Waals surface area contributed by atoms with E-state index in [9.17, 15) is 18.4 Å². The summed E-state index contributed by atoms with van der Waals surface area (Å²) in [4.78, 5) is 30.3. The third-order valence-electron chi connectivity index (χ3n) is 5.62. The van der Waals surface area contributed by atoms with Crippen LogP contribution in [-0.4, -0.2) is 55.0 Å². The molecule has 0 spiro atoms. The Morgan fingerprint density at radius 3 is 2.48 bits per heavy atom. The third-order valence-corrected chi connectivity index (χ3v) is 5.62. The number of likely N-dealkylation sites (N-methyl/N-ethyl adjacent to an activating group) is 1. The number of benzene rings is 2. The van der Waals surface area contributed by atoms with Crippen LogP contribution in [0.2, 0.25) is 0 Å². The molecule has 0 radical (unpaired) electrons. The van der Waals surface area contributed by atoms with E-state index in [-0.39, 0.29) is 35.6 Å². The smallest absolute Gasteiger partial charge is 0.323 e. The average molecular weight is 431 g/mol. The molecule has 0 bridgehead atoms. The maximum absolute atomic E-state index is 14.7.